The van der Waals surface area contributed by atoms with Crippen molar-refractivity contribution in [3.05, 3.63) is 101 Å². The highest BCUT2D eigenvalue weighted by molar-refractivity contribution is 7.98. The van der Waals surface area contributed by atoms with E-state index in [1.807, 2.05) is 79.7 Å². The number of carbonyl (C=O) groups is 1. The van der Waals surface area contributed by atoms with Crippen LogP contribution in [-0.4, -0.2) is 74.1 Å². The number of likely N-dealkylation sites (N-methyl/N-ethyl adjacent to an activating group) is 1. The van der Waals surface area contributed by atoms with Gasteiger partial charge >= 0.3 is 0 Å². The van der Waals surface area contributed by atoms with Gasteiger partial charge in [-0.25, -0.2) is 9.97 Å². The number of benzene rings is 3. The molecule has 0 bridgehead atoms. The lowest BCUT2D eigenvalue weighted by molar-refractivity contribution is 0.0951. The van der Waals surface area contributed by atoms with Crippen LogP contribution in [0.2, 0.25) is 5.02 Å². The summed E-state index contributed by atoms with van der Waals surface area (Å²) in [6.45, 7) is 4.81. The Kier molecular flexibility index (Phi) is 9.77. The first-order chi connectivity index (χ1) is 20.0. The van der Waals surface area contributed by atoms with Crippen molar-refractivity contribution < 1.29 is 4.79 Å². The first kappa shape index (κ1) is 28.9. The largest absolute Gasteiger partial charge is 0.367 e. The Hall–Kier alpha value is -3.59. The second kappa shape index (κ2) is 13.9. The lowest BCUT2D eigenvalue weighted by Crippen LogP contribution is -2.47. The molecule has 2 heterocycles. The van der Waals surface area contributed by atoms with E-state index in [1.54, 1.807) is 11.8 Å². The van der Waals surface area contributed by atoms with Crippen LogP contribution in [0.15, 0.2) is 90.1 Å². The van der Waals surface area contributed by atoms with Gasteiger partial charge in [0.1, 0.15) is 5.82 Å². The quantitative estimate of drug-likeness (QED) is 0.189. The Morgan fingerprint density at radius 1 is 0.902 bits per heavy atom. The van der Waals surface area contributed by atoms with Crippen LogP contribution in [0.1, 0.15) is 15.9 Å². The highest BCUT2D eigenvalue weighted by Crippen LogP contribution is 2.30. The van der Waals surface area contributed by atoms with E-state index in [0.29, 0.717) is 17.9 Å². The molecule has 0 atom stereocenters. The first-order valence-corrected chi connectivity index (χ1v) is 15.2. The summed E-state index contributed by atoms with van der Waals surface area (Å²) in [4.78, 5) is 29.2. The molecule has 41 heavy (non-hydrogen) atoms. The van der Waals surface area contributed by atoms with Crippen LogP contribution in [0, 0.1) is 0 Å². The Bertz CT molecular complexity index is 1460. The van der Waals surface area contributed by atoms with Crippen molar-refractivity contribution in [2.45, 2.75) is 10.9 Å². The van der Waals surface area contributed by atoms with E-state index in [-0.39, 0.29) is 5.91 Å². The molecule has 9 heteroatoms. The second-order valence-corrected chi connectivity index (χ2v) is 11.6. The van der Waals surface area contributed by atoms with Gasteiger partial charge in [-0.1, -0.05) is 78.0 Å². The summed E-state index contributed by atoms with van der Waals surface area (Å²) in [6, 6.07) is 28.1. The fraction of sp³-hybridized carbons (Fsp3) is 0.281. The monoisotopic (exact) mass is 586 g/mol. The van der Waals surface area contributed by atoms with Crippen LogP contribution in [0.4, 0.5) is 11.5 Å². The summed E-state index contributed by atoms with van der Waals surface area (Å²) in [7, 11) is 3.98. The van der Waals surface area contributed by atoms with Gasteiger partial charge in [0, 0.05) is 62.2 Å². The summed E-state index contributed by atoms with van der Waals surface area (Å²) in [5.74, 6) is 1.53. The number of carbonyl (C=O) groups excluding carboxylic acids is 1. The van der Waals surface area contributed by atoms with Crippen molar-refractivity contribution in [3.8, 4) is 11.3 Å². The lowest BCUT2D eigenvalue weighted by Gasteiger charge is -2.37. The van der Waals surface area contributed by atoms with Crippen molar-refractivity contribution in [2.75, 3.05) is 63.2 Å². The molecule has 1 N–H and O–H groups in total. The molecule has 1 saturated heterocycles. The molecule has 1 fully saturated rings. The molecule has 0 spiro atoms. The van der Waals surface area contributed by atoms with E-state index in [0.717, 1.165) is 71.2 Å². The third kappa shape index (κ3) is 7.79. The van der Waals surface area contributed by atoms with Crippen molar-refractivity contribution in [1.82, 2.24) is 20.2 Å². The van der Waals surface area contributed by atoms with Gasteiger partial charge in [-0.15, -0.1) is 0 Å². The molecule has 3 aromatic carbocycles. The average molecular weight is 587 g/mol. The Balaban J connectivity index is 1.31. The number of rotatable bonds is 10. The number of nitrogens with one attached hydrogen (secondary N) is 1. The van der Waals surface area contributed by atoms with Crippen molar-refractivity contribution >= 4 is 40.8 Å². The highest BCUT2D eigenvalue weighted by atomic mass is 35.5. The molecular formula is C32H35ClN6OS. The number of nitrogens with zero attached hydrogens (tertiary/aromatic N) is 5. The second-order valence-electron chi connectivity index (χ2n) is 10.2. The van der Waals surface area contributed by atoms with E-state index in [9.17, 15) is 4.79 Å². The van der Waals surface area contributed by atoms with Crippen LogP contribution in [0.25, 0.3) is 11.3 Å². The van der Waals surface area contributed by atoms with E-state index in [2.05, 4.69) is 39.4 Å². The number of amides is 1. The minimum atomic E-state index is -0.0563. The van der Waals surface area contributed by atoms with E-state index in [1.165, 1.54) is 0 Å². The van der Waals surface area contributed by atoms with E-state index < -0.39 is 0 Å². The molecule has 0 aliphatic carbocycles. The molecule has 1 aliphatic heterocycles. The number of aromatic nitrogens is 2. The molecule has 1 aromatic heterocycles. The lowest BCUT2D eigenvalue weighted by atomic mass is 10.1. The molecule has 1 amide bonds. The number of anilines is 2. The van der Waals surface area contributed by atoms with Crippen LogP contribution in [-0.2, 0) is 5.75 Å². The smallest absolute Gasteiger partial charge is 0.251 e. The minimum absolute atomic E-state index is 0.0563. The summed E-state index contributed by atoms with van der Waals surface area (Å²) in [6.07, 6.45) is 0. The van der Waals surface area contributed by atoms with Gasteiger partial charge in [0.25, 0.3) is 5.91 Å². The summed E-state index contributed by atoms with van der Waals surface area (Å²) >= 11 is 8.05. The molecule has 4 aromatic rings. The third-order valence-electron chi connectivity index (χ3n) is 6.96. The van der Waals surface area contributed by atoms with Crippen molar-refractivity contribution in [2.24, 2.45) is 0 Å². The van der Waals surface area contributed by atoms with E-state index in [4.69, 9.17) is 21.6 Å². The predicted molar refractivity (Wildman–Crippen MR) is 170 cm³/mol. The van der Waals surface area contributed by atoms with Gasteiger partial charge in [-0.05, 0) is 43.9 Å². The maximum absolute atomic E-state index is 12.6. The van der Waals surface area contributed by atoms with E-state index >= 15 is 0 Å². The third-order valence-corrected chi connectivity index (χ3v) is 8.20. The number of halogens is 1. The topological polar surface area (TPSA) is 64.6 Å². The zero-order chi connectivity index (χ0) is 28.6. The molecular weight excluding hydrogens is 552 g/mol. The summed E-state index contributed by atoms with van der Waals surface area (Å²) in [5.41, 5.74) is 4.76. The molecule has 0 saturated carbocycles. The molecule has 212 valence electrons. The summed E-state index contributed by atoms with van der Waals surface area (Å²) in [5, 5.41) is 4.49. The normalized spacial score (nSPS) is 13.5. The highest BCUT2D eigenvalue weighted by Gasteiger charge is 2.21. The van der Waals surface area contributed by atoms with Gasteiger partial charge < -0.3 is 20.0 Å². The number of piperazine rings is 1. The fourth-order valence-electron chi connectivity index (χ4n) is 4.73. The Labute approximate surface area is 251 Å². The van der Waals surface area contributed by atoms with Crippen LogP contribution in [0.3, 0.4) is 0 Å². The Morgan fingerprint density at radius 2 is 1.63 bits per heavy atom. The zero-order valence-electron chi connectivity index (χ0n) is 23.5. The van der Waals surface area contributed by atoms with Crippen LogP contribution in [0.5, 0.6) is 0 Å². The average Bonchev–Trinajstić information content (AvgIpc) is 3.00. The fourth-order valence-corrected chi connectivity index (χ4v) is 5.78. The number of hydrogen-bond acceptors (Lipinski definition) is 7. The zero-order valence-corrected chi connectivity index (χ0v) is 25.0. The molecule has 0 unspecified atom stereocenters. The van der Waals surface area contributed by atoms with Crippen molar-refractivity contribution in [3.63, 3.8) is 0 Å². The number of thioether (sulfide) groups is 1. The maximum Gasteiger partial charge on any atom is 0.251 e. The molecule has 0 radical (unpaired) electrons. The molecule has 5 rings (SSSR count). The van der Waals surface area contributed by atoms with Gasteiger partial charge in [-0.3, -0.25) is 4.79 Å². The maximum atomic E-state index is 12.6. The SMILES string of the molecule is CN(C)CCNC(=O)c1cccc(CSc2nc(-c3ccccc3)cc(N3CCN(c4ccccc4Cl)CC3)n2)c1. The standard InChI is InChI=1S/C32H35ClN6OS/c1-37(2)16-15-34-31(40)26-12-8-9-24(21-26)23-41-32-35-28(25-10-4-3-5-11-25)22-30(36-32)39-19-17-38(18-20-39)29-14-7-6-13-27(29)33/h3-14,21-22H,15-20,23H2,1-2H3,(H,34,40). The van der Waals surface area contributed by atoms with Gasteiger partial charge in [0.05, 0.1) is 16.4 Å². The van der Waals surface area contributed by atoms with Crippen molar-refractivity contribution in [1.29, 1.82) is 0 Å². The summed E-state index contributed by atoms with van der Waals surface area (Å²) < 4.78 is 0. The Morgan fingerprint density at radius 3 is 2.39 bits per heavy atom. The number of hydrogen-bond donors (Lipinski definition) is 1. The molecule has 7 nitrogen and oxygen atoms in total. The molecule has 1 aliphatic rings. The van der Waals surface area contributed by atoms with Crippen LogP contribution >= 0.6 is 23.4 Å². The van der Waals surface area contributed by atoms with Gasteiger partial charge in [-0.2, -0.15) is 0 Å². The minimum Gasteiger partial charge on any atom is -0.367 e. The van der Waals surface area contributed by atoms with Gasteiger partial charge in [0.2, 0.25) is 0 Å². The van der Waals surface area contributed by atoms with Crippen LogP contribution < -0.4 is 15.1 Å². The number of para-hydroxylation sites is 1. The van der Waals surface area contributed by atoms with Gasteiger partial charge in [0.15, 0.2) is 5.16 Å². The first-order valence-electron chi connectivity index (χ1n) is 13.8. The predicted octanol–water partition coefficient (Wildman–Crippen LogP) is 5.71.